The van der Waals surface area contributed by atoms with Crippen molar-refractivity contribution in [3.8, 4) is 0 Å². The van der Waals surface area contributed by atoms with Gasteiger partial charge < -0.3 is 15.8 Å². The lowest BCUT2D eigenvalue weighted by Crippen LogP contribution is -2.40. The first-order valence-corrected chi connectivity index (χ1v) is 12.4. The van der Waals surface area contributed by atoms with E-state index >= 15 is 0 Å². The molecule has 2 aromatic rings. The summed E-state index contributed by atoms with van der Waals surface area (Å²) in [4.78, 5) is 22.7. The number of hydrogen-bond acceptors (Lipinski definition) is 7. The molecule has 1 saturated heterocycles. The zero-order valence-corrected chi connectivity index (χ0v) is 18.5. The van der Waals surface area contributed by atoms with E-state index in [1.165, 1.54) is 52.8 Å². The maximum absolute atomic E-state index is 12.7. The summed E-state index contributed by atoms with van der Waals surface area (Å²) >= 11 is 0. The molecule has 0 radical (unpaired) electrons. The fourth-order valence-corrected chi connectivity index (χ4v) is 5.39. The van der Waals surface area contributed by atoms with Gasteiger partial charge in [-0.1, -0.05) is 6.07 Å². The first-order valence-electron chi connectivity index (χ1n) is 9.47. The van der Waals surface area contributed by atoms with Crippen LogP contribution in [0.4, 0.5) is 5.69 Å². The van der Waals surface area contributed by atoms with Crippen LogP contribution in [0.5, 0.6) is 0 Å². The first kappa shape index (κ1) is 23.7. The summed E-state index contributed by atoms with van der Waals surface area (Å²) in [7, 11) is -7.80. The predicted molar refractivity (Wildman–Crippen MR) is 115 cm³/mol. The van der Waals surface area contributed by atoms with E-state index in [2.05, 4.69) is 10.0 Å². The number of sulfonamides is 2. The second kappa shape index (κ2) is 9.65. The maximum atomic E-state index is 12.7. The Morgan fingerprint density at radius 1 is 0.969 bits per heavy atom. The normalized spacial score (nSPS) is 15.1. The van der Waals surface area contributed by atoms with Crippen molar-refractivity contribution < 1.29 is 31.2 Å². The molecule has 1 aliphatic rings. The molecular formula is C19H22N4O7S2. The lowest BCUT2D eigenvalue weighted by atomic mass is 10.2. The molecule has 11 nitrogen and oxygen atoms in total. The van der Waals surface area contributed by atoms with Gasteiger partial charge in [0.1, 0.15) is 0 Å². The van der Waals surface area contributed by atoms with Crippen LogP contribution < -0.4 is 15.8 Å². The number of nitrogens with two attached hydrogens (primary N) is 1. The monoisotopic (exact) mass is 482 g/mol. The molecule has 1 heterocycles. The number of carbonyl (C=O) groups excluding carboxylic acids is 2. The van der Waals surface area contributed by atoms with Crippen LogP contribution in [-0.4, -0.2) is 65.8 Å². The van der Waals surface area contributed by atoms with E-state index in [9.17, 15) is 26.4 Å². The zero-order chi connectivity index (χ0) is 23.4. The van der Waals surface area contributed by atoms with Crippen molar-refractivity contribution in [1.29, 1.82) is 0 Å². The third kappa shape index (κ3) is 5.62. The molecule has 2 amide bonds. The molecule has 32 heavy (non-hydrogen) atoms. The number of ether oxygens (including phenoxy) is 1. The lowest BCUT2D eigenvalue weighted by molar-refractivity contribution is -0.117. The van der Waals surface area contributed by atoms with Gasteiger partial charge in [0, 0.05) is 24.3 Å². The van der Waals surface area contributed by atoms with Crippen molar-refractivity contribution in [3.63, 3.8) is 0 Å². The van der Waals surface area contributed by atoms with E-state index in [1.807, 2.05) is 0 Å². The lowest BCUT2D eigenvalue weighted by Gasteiger charge is -2.26. The fourth-order valence-electron chi connectivity index (χ4n) is 2.93. The third-order valence-electron chi connectivity index (χ3n) is 4.54. The number of hydrogen-bond donors (Lipinski definition) is 3. The molecule has 0 aromatic heterocycles. The maximum Gasteiger partial charge on any atom is 0.261 e. The SMILES string of the molecule is NC(=O)CNC(=O)c1cccc(NS(=O)(=O)c2ccc(S(=O)(=O)N3CCOCC3)cc2)c1. The number of carbonyl (C=O) groups is 2. The van der Waals surface area contributed by atoms with Crippen LogP contribution in [0.15, 0.2) is 58.3 Å². The minimum atomic E-state index is -4.05. The van der Waals surface area contributed by atoms with Crippen molar-refractivity contribution >= 4 is 37.5 Å². The summed E-state index contributed by atoms with van der Waals surface area (Å²) in [5.74, 6) is -1.31. The zero-order valence-electron chi connectivity index (χ0n) is 16.9. The molecule has 0 saturated carbocycles. The van der Waals surface area contributed by atoms with Gasteiger partial charge in [0.2, 0.25) is 15.9 Å². The summed E-state index contributed by atoms with van der Waals surface area (Å²) in [5, 5.41) is 2.31. The van der Waals surface area contributed by atoms with Crippen molar-refractivity contribution in [3.05, 3.63) is 54.1 Å². The van der Waals surface area contributed by atoms with Crippen molar-refractivity contribution in [2.24, 2.45) is 5.73 Å². The molecule has 0 bridgehead atoms. The number of nitrogens with zero attached hydrogens (tertiary/aromatic N) is 1. The minimum absolute atomic E-state index is 0.0218. The Hall–Kier alpha value is -3.00. The Kier molecular flexibility index (Phi) is 7.13. The summed E-state index contributed by atoms with van der Waals surface area (Å²) in [6.07, 6.45) is 0. The Balaban J connectivity index is 1.75. The van der Waals surface area contributed by atoms with Crippen LogP contribution in [0.25, 0.3) is 0 Å². The van der Waals surface area contributed by atoms with Crippen LogP contribution >= 0.6 is 0 Å². The molecule has 0 aliphatic carbocycles. The van der Waals surface area contributed by atoms with Gasteiger partial charge >= 0.3 is 0 Å². The molecule has 4 N–H and O–H groups in total. The van der Waals surface area contributed by atoms with Crippen LogP contribution in [-0.2, 0) is 29.6 Å². The van der Waals surface area contributed by atoms with Gasteiger partial charge in [-0.05, 0) is 42.5 Å². The van der Waals surface area contributed by atoms with Gasteiger partial charge in [0.25, 0.3) is 15.9 Å². The van der Waals surface area contributed by atoms with E-state index in [4.69, 9.17) is 10.5 Å². The molecule has 3 rings (SSSR count). The molecule has 13 heteroatoms. The molecule has 172 valence electrons. The number of rotatable bonds is 8. The molecule has 1 fully saturated rings. The van der Waals surface area contributed by atoms with E-state index < -0.39 is 31.9 Å². The van der Waals surface area contributed by atoms with Crippen molar-refractivity contribution in [1.82, 2.24) is 9.62 Å². The smallest absolute Gasteiger partial charge is 0.261 e. The number of amides is 2. The molecular weight excluding hydrogens is 460 g/mol. The van der Waals surface area contributed by atoms with Gasteiger partial charge in [0.15, 0.2) is 0 Å². The van der Waals surface area contributed by atoms with Crippen molar-refractivity contribution in [2.45, 2.75) is 9.79 Å². The largest absolute Gasteiger partial charge is 0.379 e. The van der Waals surface area contributed by atoms with Crippen LogP contribution in [0.1, 0.15) is 10.4 Å². The fraction of sp³-hybridized carbons (Fsp3) is 0.263. The van der Waals surface area contributed by atoms with Crippen LogP contribution in [0, 0.1) is 0 Å². The predicted octanol–water partition coefficient (Wildman–Crippen LogP) is -0.277. The number of primary amides is 1. The van der Waals surface area contributed by atoms with Gasteiger partial charge in [-0.3, -0.25) is 14.3 Å². The van der Waals surface area contributed by atoms with Gasteiger partial charge in [-0.2, -0.15) is 4.31 Å². The Morgan fingerprint density at radius 2 is 1.59 bits per heavy atom. The topological polar surface area (TPSA) is 165 Å². The summed E-state index contributed by atoms with van der Waals surface area (Å²) in [6, 6.07) is 10.5. The summed E-state index contributed by atoms with van der Waals surface area (Å²) in [5.41, 5.74) is 5.22. The first-order chi connectivity index (χ1) is 15.1. The highest BCUT2D eigenvalue weighted by Crippen LogP contribution is 2.21. The minimum Gasteiger partial charge on any atom is -0.379 e. The van der Waals surface area contributed by atoms with E-state index in [0.717, 1.165) is 0 Å². The number of nitrogens with one attached hydrogen (secondary N) is 2. The highest BCUT2D eigenvalue weighted by Gasteiger charge is 2.27. The third-order valence-corrected chi connectivity index (χ3v) is 7.85. The number of benzene rings is 2. The summed E-state index contributed by atoms with van der Waals surface area (Å²) < 4.78 is 59.6. The highest BCUT2D eigenvalue weighted by molar-refractivity contribution is 7.92. The van der Waals surface area contributed by atoms with E-state index in [-0.39, 0.29) is 40.7 Å². The number of anilines is 1. The Labute approximate surface area is 185 Å². The van der Waals surface area contributed by atoms with Gasteiger partial charge in [-0.15, -0.1) is 0 Å². The standard InChI is InChI=1S/C19H22N4O7S2/c20-18(24)13-21-19(25)14-2-1-3-15(12-14)22-31(26,27)16-4-6-17(7-5-16)32(28,29)23-8-10-30-11-9-23/h1-7,12,22H,8-11,13H2,(H2,20,24)(H,21,25). The second-order valence-corrected chi connectivity index (χ2v) is 10.4. The summed E-state index contributed by atoms with van der Waals surface area (Å²) in [6.45, 7) is 0.708. The average molecular weight is 483 g/mol. The Bertz CT molecular complexity index is 1210. The van der Waals surface area contributed by atoms with Crippen LogP contribution in [0.2, 0.25) is 0 Å². The molecule has 0 spiro atoms. The van der Waals surface area contributed by atoms with Crippen LogP contribution in [0.3, 0.4) is 0 Å². The second-order valence-electron chi connectivity index (χ2n) is 6.82. The van der Waals surface area contributed by atoms with Gasteiger partial charge in [0.05, 0.1) is 29.5 Å². The highest BCUT2D eigenvalue weighted by atomic mass is 32.2. The van der Waals surface area contributed by atoms with Gasteiger partial charge in [-0.25, -0.2) is 16.8 Å². The van der Waals surface area contributed by atoms with Crippen molar-refractivity contribution in [2.75, 3.05) is 37.6 Å². The molecule has 0 atom stereocenters. The van der Waals surface area contributed by atoms with E-state index in [1.54, 1.807) is 0 Å². The Morgan fingerprint density at radius 3 is 2.22 bits per heavy atom. The number of morpholine rings is 1. The molecule has 2 aromatic carbocycles. The molecule has 1 aliphatic heterocycles. The van der Waals surface area contributed by atoms with E-state index in [0.29, 0.717) is 13.2 Å². The average Bonchev–Trinajstić information content (AvgIpc) is 2.78. The molecule has 0 unspecified atom stereocenters. The quantitative estimate of drug-likeness (QED) is 0.466.